The van der Waals surface area contributed by atoms with Crippen LogP contribution in [0, 0.1) is 0 Å². The highest BCUT2D eigenvalue weighted by Crippen LogP contribution is 2.32. The average Bonchev–Trinajstić information content (AvgIpc) is 2.63. The quantitative estimate of drug-likeness (QED) is 0.484. The molecule has 132 valence electrons. The van der Waals surface area contributed by atoms with Crippen molar-refractivity contribution in [3.63, 3.8) is 0 Å². The van der Waals surface area contributed by atoms with Crippen LogP contribution in [-0.4, -0.2) is 41.6 Å². The first kappa shape index (κ1) is 18.5. The van der Waals surface area contributed by atoms with Crippen molar-refractivity contribution in [1.29, 1.82) is 0 Å². The van der Waals surface area contributed by atoms with Gasteiger partial charge >= 0.3 is 0 Å². The minimum absolute atomic E-state index is 0.0117. The van der Waals surface area contributed by atoms with Crippen LogP contribution in [0.25, 0.3) is 6.08 Å². The molecular weight excluding hydrogens is 324 g/mol. The molecule has 1 aromatic carbocycles. The van der Waals surface area contributed by atoms with Crippen molar-refractivity contribution in [2.24, 2.45) is 0 Å². The molecule has 25 heavy (non-hydrogen) atoms. The maximum absolute atomic E-state index is 12.5. The third-order valence-corrected chi connectivity index (χ3v) is 4.06. The van der Waals surface area contributed by atoms with E-state index in [2.05, 4.69) is 0 Å². The van der Waals surface area contributed by atoms with Crippen LogP contribution < -0.4 is 4.74 Å². The van der Waals surface area contributed by atoms with Gasteiger partial charge in [0.05, 0.1) is 14.2 Å². The molecule has 0 amide bonds. The van der Waals surface area contributed by atoms with Crippen molar-refractivity contribution in [3.05, 3.63) is 59.1 Å². The third kappa shape index (κ3) is 3.49. The molecule has 0 aromatic heterocycles. The Kier molecular flexibility index (Phi) is 5.44. The van der Waals surface area contributed by atoms with Gasteiger partial charge < -0.3 is 19.7 Å². The monoisotopic (exact) mass is 344 g/mol. The van der Waals surface area contributed by atoms with Gasteiger partial charge in [0.1, 0.15) is 22.8 Å². The smallest absolute Gasteiger partial charge is 0.209 e. The number of aliphatic hydroxyl groups excluding tert-OH is 1. The number of carbonyl (C=O) groups is 2. The fourth-order valence-electron chi connectivity index (χ4n) is 2.52. The lowest BCUT2D eigenvalue weighted by molar-refractivity contribution is -0.136. The zero-order valence-electron chi connectivity index (χ0n) is 14.3. The van der Waals surface area contributed by atoms with Crippen molar-refractivity contribution in [1.82, 2.24) is 0 Å². The van der Waals surface area contributed by atoms with E-state index in [1.165, 1.54) is 13.2 Å². The largest absolute Gasteiger partial charge is 0.507 e. The Bertz CT molecular complexity index is 770. The molecule has 0 saturated carbocycles. The van der Waals surface area contributed by atoms with Crippen LogP contribution in [0.4, 0.5) is 0 Å². The van der Waals surface area contributed by atoms with Gasteiger partial charge in [0.15, 0.2) is 11.4 Å². The van der Waals surface area contributed by atoms with Gasteiger partial charge in [-0.25, -0.2) is 0 Å². The number of benzene rings is 1. The number of ether oxygens (including phenoxy) is 2. The lowest BCUT2D eigenvalue weighted by Gasteiger charge is -2.30. The fourth-order valence-corrected chi connectivity index (χ4v) is 2.52. The summed E-state index contributed by atoms with van der Waals surface area (Å²) in [7, 11) is 2.82. The first-order valence-electron chi connectivity index (χ1n) is 7.70. The molecule has 0 spiro atoms. The van der Waals surface area contributed by atoms with Gasteiger partial charge in [-0.2, -0.15) is 0 Å². The lowest BCUT2D eigenvalue weighted by atomic mass is 9.81. The average molecular weight is 344 g/mol. The lowest BCUT2D eigenvalue weighted by Crippen LogP contribution is -2.46. The van der Waals surface area contributed by atoms with Crippen LogP contribution in [-0.2, 0) is 14.3 Å². The molecule has 1 aromatic rings. The van der Waals surface area contributed by atoms with Crippen LogP contribution in [0.5, 0.6) is 5.75 Å². The highest BCUT2D eigenvalue weighted by Gasteiger charge is 2.47. The Morgan fingerprint density at radius 1 is 1.16 bits per heavy atom. The van der Waals surface area contributed by atoms with Gasteiger partial charge in [-0.3, -0.25) is 9.59 Å². The number of methoxy groups -OCH3 is 2. The van der Waals surface area contributed by atoms with Crippen LogP contribution >= 0.6 is 0 Å². The first-order valence-corrected chi connectivity index (χ1v) is 7.70. The highest BCUT2D eigenvalue weighted by atomic mass is 16.5. The van der Waals surface area contributed by atoms with Crippen molar-refractivity contribution in [2.45, 2.75) is 18.9 Å². The molecule has 0 fully saturated rings. The van der Waals surface area contributed by atoms with Crippen LogP contribution in [0.3, 0.4) is 0 Å². The molecule has 2 rings (SSSR count). The summed E-state index contributed by atoms with van der Waals surface area (Å²) in [6.45, 7) is 1.59. The van der Waals surface area contributed by atoms with E-state index in [4.69, 9.17) is 9.47 Å². The van der Waals surface area contributed by atoms with E-state index in [1.807, 2.05) is 0 Å². The maximum atomic E-state index is 12.5. The number of hydrogen-bond acceptors (Lipinski definition) is 6. The Hall–Kier alpha value is -2.86. The van der Waals surface area contributed by atoms with Gasteiger partial charge in [0.2, 0.25) is 5.78 Å². The van der Waals surface area contributed by atoms with Crippen LogP contribution in [0.15, 0.2) is 53.5 Å². The molecular formula is C19H20O6. The van der Waals surface area contributed by atoms with Crippen molar-refractivity contribution in [2.75, 3.05) is 14.2 Å². The number of ketones is 2. The van der Waals surface area contributed by atoms with E-state index in [-0.39, 0.29) is 12.2 Å². The molecule has 1 aliphatic carbocycles. The number of carbonyl (C=O) groups excluding carboxylic acids is 2. The molecule has 2 N–H and O–H groups in total. The molecule has 6 heteroatoms. The summed E-state index contributed by atoms with van der Waals surface area (Å²) in [6.07, 6.45) is 3.83. The summed E-state index contributed by atoms with van der Waals surface area (Å²) in [6, 6.07) is 6.99. The minimum Gasteiger partial charge on any atom is -0.507 e. The second kappa shape index (κ2) is 7.36. The topological polar surface area (TPSA) is 93.1 Å². The second-order valence-corrected chi connectivity index (χ2v) is 5.49. The summed E-state index contributed by atoms with van der Waals surface area (Å²) in [4.78, 5) is 24.7. The Balaban J connectivity index is 2.39. The fraction of sp³-hybridized carbons (Fsp3) is 0.263. The van der Waals surface area contributed by atoms with Crippen LogP contribution in [0.2, 0.25) is 0 Å². The molecule has 0 aliphatic heterocycles. The highest BCUT2D eigenvalue weighted by molar-refractivity contribution is 6.30. The van der Waals surface area contributed by atoms with E-state index in [0.717, 1.165) is 11.6 Å². The zero-order valence-corrected chi connectivity index (χ0v) is 14.3. The van der Waals surface area contributed by atoms with Crippen LogP contribution in [0.1, 0.15) is 18.9 Å². The molecule has 0 radical (unpaired) electrons. The first-order chi connectivity index (χ1) is 11.9. The predicted octanol–water partition coefficient (Wildman–Crippen LogP) is 2.34. The summed E-state index contributed by atoms with van der Waals surface area (Å²) in [5.74, 6) is -1.54. The number of rotatable bonds is 5. The van der Waals surface area contributed by atoms with Gasteiger partial charge in [0.25, 0.3) is 0 Å². The summed E-state index contributed by atoms with van der Waals surface area (Å²) < 4.78 is 10.0. The van der Waals surface area contributed by atoms with E-state index in [1.54, 1.807) is 44.4 Å². The molecule has 1 atom stereocenters. The SMILES string of the molecule is CCC1(O)C(=O)/C(=C(O)\C=C\c2ccc(OC)cc2)C(=O)C=C1OC. The maximum Gasteiger partial charge on any atom is 0.209 e. The van der Waals surface area contributed by atoms with Gasteiger partial charge in [-0.15, -0.1) is 0 Å². The van der Waals surface area contributed by atoms with Crippen molar-refractivity contribution in [3.8, 4) is 5.75 Å². The van der Waals surface area contributed by atoms with E-state index < -0.39 is 28.5 Å². The molecule has 0 heterocycles. The number of hydrogen-bond donors (Lipinski definition) is 2. The molecule has 1 aliphatic rings. The predicted molar refractivity (Wildman–Crippen MR) is 92.0 cm³/mol. The summed E-state index contributed by atoms with van der Waals surface area (Å²) in [5.41, 5.74) is -1.68. The molecule has 1 unspecified atom stereocenters. The number of aliphatic hydroxyl groups is 2. The van der Waals surface area contributed by atoms with E-state index >= 15 is 0 Å². The van der Waals surface area contributed by atoms with Gasteiger partial charge in [0, 0.05) is 6.08 Å². The Labute approximate surface area is 145 Å². The van der Waals surface area contributed by atoms with Crippen molar-refractivity contribution < 1.29 is 29.3 Å². The zero-order chi connectivity index (χ0) is 18.6. The number of allylic oxidation sites excluding steroid dienone is 2. The minimum atomic E-state index is -1.96. The normalized spacial score (nSPS) is 22.8. The molecule has 0 saturated heterocycles. The van der Waals surface area contributed by atoms with E-state index in [9.17, 15) is 19.8 Å². The second-order valence-electron chi connectivity index (χ2n) is 5.49. The van der Waals surface area contributed by atoms with Crippen molar-refractivity contribution >= 4 is 17.6 Å². The Morgan fingerprint density at radius 2 is 1.80 bits per heavy atom. The standard InChI is InChI=1S/C19H20O6/c1-4-19(23)16(25-3)11-15(21)17(18(19)22)14(20)10-7-12-5-8-13(24-2)9-6-12/h5-11,20,23H,4H2,1-3H3/b10-7+,17-14+. The molecule has 0 bridgehead atoms. The summed E-state index contributed by atoms with van der Waals surface area (Å²) in [5, 5.41) is 20.7. The van der Waals surface area contributed by atoms with Gasteiger partial charge in [-0.1, -0.05) is 25.1 Å². The van der Waals surface area contributed by atoms with E-state index in [0.29, 0.717) is 5.75 Å². The Morgan fingerprint density at radius 3 is 2.32 bits per heavy atom. The van der Waals surface area contributed by atoms with Gasteiger partial charge in [-0.05, 0) is 30.2 Å². The third-order valence-electron chi connectivity index (χ3n) is 4.06. The molecule has 6 nitrogen and oxygen atoms in total. The summed E-state index contributed by atoms with van der Waals surface area (Å²) >= 11 is 0. The number of Topliss-reactive ketones (excluding diaryl/α,β-unsaturated/α-hetero) is 1.